The Kier molecular flexibility index (Phi) is 5.67. The lowest BCUT2D eigenvalue weighted by atomic mass is 10.2. The van der Waals surface area contributed by atoms with Crippen LogP contribution in [0.15, 0.2) is 42.6 Å². The van der Waals surface area contributed by atoms with Crippen molar-refractivity contribution in [1.29, 1.82) is 5.26 Å². The van der Waals surface area contributed by atoms with E-state index >= 15 is 0 Å². The van der Waals surface area contributed by atoms with Crippen molar-refractivity contribution in [3.8, 4) is 6.07 Å². The molecule has 1 aromatic carbocycles. The van der Waals surface area contributed by atoms with Gasteiger partial charge in [-0.1, -0.05) is 12.1 Å². The summed E-state index contributed by atoms with van der Waals surface area (Å²) in [4.78, 5) is 18.0. The van der Waals surface area contributed by atoms with Gasteiger partial charge in [-0.15, -0.1) is 0 Å². The van der Waals surface area contributed by atoms with E-state index in [0.717, 1.165) is 11.3 Å². The molecule has 0 spiro atoms. The summed E-state index contributed by atoms with van der Waals surface area (Å²) in [6.07, 6.45) is 1.48. The minimum absolute atomic E-state index is 0.145. The van der Waals surface area contributed by atoms with Gasteiger partial charge in [0.25, 0.3) is 0 Å². The van der Waals surface area contributed by atoms with Crippen LogP contribution in [0, 0.1) is 11.3 Å². The molecular weight excluding hydrogens is 292 g/mol. The van der Waals surface area contributed by atoms with E-state index in [9.17, 15) is 4.79 Å². The lowest BCUT2D eigenvalue weighted by molar-refractivity contribution is -0.114. The Hall–Kier alpha value is -2.91. The molecule has 1 N–H and O–H groups in total. The molecule has 0 saturated heterocycles. The Labute approximate surface area is 135 Å². The number of likely N-dealkylation sites (N-methyl/N-ethyl adjacent to an activating group) is 1. The van der Waals surface area contributed by atoms with Gasteiger partial charge in [0.2, 0.25) is 5.91 Å². The van der Waals surface area contributed by atoms with Gasteiger partial charge in [0.05, 0.1) is 18.7 Å². The van der Waals surface area contributed by atoms with Gasteiger partial charge < -0.3 is 15.0 Å². The molecule has 6 heteroatoms. The van der Waals surface area contributed by atoms with Crippen molar-refractivity contribution >= 4 is 17.4 Å². The van der Waals surface area contributed by atoms with Crippen LogP contribution in [0.2, 0.25) is 0 Å². The van der Waals surface area contributed by atoms with Crippen LogP contribution in [0.1, 0.15) is 11.1 Å². The molecule has 0 aliphatic rings. The fourth-order valence-electron chi connectivity index (χ4n) is 2.08. The number of methoxy groups -OCH3 is 1. The molecule has 2 aromatic rings. The highest BCUT2D eigenvalue weighted by Crippen LogP contribution is 2.12. The standard InChI is InChI=1S/C17H18N4O2/c1-21(16-7-6-14(9-18)10-19-16)11-17(22)20-15-5-3-4-13(8-15)12-23-2/h3-8,10H,11-12H2,1-2H3,(H,20,22). The van der Waals surface area contributed by atoms with Crippen molar-refractivity contribution in [2.45, 2.75) is 6.61 Å². The fraction of sp³-hybridized carbons (Fsp3) is 0.235. The summed E-state index contributed by atoms with van der Waals surface area (Å²) < 4.78 is 5.08. The molecule has 0 saturated carbocycles. The maximum atomic E-state index is 12.1. The van der Waals surface area contributed by atoms with Crippen LogP contribution in [0.3, 0.4) is 0 Å². The molecule has 118 valence electrons. The van der Waals surface area contributed by atoms with Gasteiger partial charge in [0, 0.05) is 26.0 Å². The summed E-state index contributed by atoms with van der Waals surface area (Å²) in [6.45, 7) is 0.659. The first-order valence-corrected chi connectivity index (χ1v) is 7.07. The number of carbonyl (C=O) groups excluding carboxylic acids is 1. The number of pyridine rings is 1. The Morgan fingerprint density at radius 3 is 2.87 bits per heavy atom. The summed E-state index contributed by atoms with van der Waals surface area (Å²) in [5, 5.41) is 11.6. The SMILES string of the molecule is COCc1cccc(NC(=O)CN(C)c2ccc(C#N)cn2)c1. The van der Waals surface area contributed by atoms with Gasteiger partial charge in [0.15, 0.2) is 0 Å². The number of aromatic nitrogens is 1. The summed E-state index contributed by atoms with van der Waals surface area (Å²) >= 11 is 0. The molecule has 0 atom stereocenters. The predicted molar refractivity (Wildman–Crippen MR) is 88.0 cm³/mol. The molecule has 1 amide bonds. The topological polar surface area (TPSA) is 78.2 Å². The lowest BCUT2D eigenvalue weighted by Crippen LogP contribution is -2.30. The third-order valence-electron chi connectivity index (χ3n) is 3.17. The normalized spacial score (nSPS) is 9.96. The molecule has 2 rings (SSSR count). The second-order valence-electron chi connectivity index (χ2n) is 5.05. The molecule has 1 heterocycles. The molecule has 23 heavy (non-hydrogen) atoms. The Morgan fingerprint density at radius 2 is 2.22 bits per heavy atom. The maximum Gasteiger partial charge on any atom is 0.243 e. The molecule has 0 bridgehead atoms. The molecule has 0 aliphatic heterocycles. The van der Waals surface area contributed by atoms with Crippen molar-refractivity contribution in [3.63, 3.8) is 0 Å². The zero-order valence-electron chi connectivity index (χ0n) is 13.1. The van der Waals surface area contributed by atoms with E-state index in [1.807, 2.05) is 30.3 Å². The number of benzene rings is 1. The number of hydrogen-bond donors (Lipinski definition) is 1. The zero-order chi connectivity index (χ0) is 16.7. The van der Waals surface area contributed by atoms with Crippen LogP contribution in [0.4, 0.5) is 11.5 Å². The van der Waals surface area contributed by atoms with E-state index in [1.165, 1.54) is 6.20 Å². The summed E-state index contributed by atoms with van der Waals surface area (Å²) in [5.74, 6) is 0.487. The summed E-state index contributed by atoms with van der Waals surface area (Å²) in [7, 11) is 3.40. The van der Waals surface area contributed by atoms with Crippen molar-refractivity contribution in [1.82, 2.24) is 4.98 Å². The van der Waals surface area contributed by atoms with Crippen LogP contribution in [-0.2, 0) is 16.1 Å². The average Bonchev–Trinajstić information content (AvgIpc) is 2.55. The van der Waals surface area contributed by atoms with E-state index < -0.39 is 0 Å². The second-order valence-corrected chi connectivity index (χ2v) is 5.05. The maximum absolute atomic E-state index is 12.1. The monoisotopic (exact) mass is 310 g/mol. The summed E-state index contributed by atoms with van der Waals surface area (Å²) in [5.41, 5.74) is 2.21. The Balaban J connectivity index is 1.95. The van der Waals surface area contributed by atoms with Crippen LogP contribution >= 0.6 is 0 Å². The van der Waals surface area contributed by atoms with Gasteiger partial charge in [-0.25, -0.2) is 4.98 Å². The van der Waals surface area contributed by atoms with Gasteiger partial charge in [-0.3, -0.25) is 4.79 Å². The smallest absolute Gasteiger partial charge is 0.243 e. The van der Waals surface area contributed by atoms with Crippen molar-refractivity contribution in [2.75, 3.05) is 30.9 Å². The van der Waals surface area contributed by atoms with E-state index in [4.69, 9.17) is 10.00 Å². The van der Waals surface area contributed by atoms with E-state index in [2.05, 4.69) is 10.3 Å². The molecule has 1 aromatic heterocycles. The van der Waals surface area contributed by atoms with Crippen molar-refractivity contribution in [2.24, 2.45) is 0 Å². The first-order valence-electron chi connectivity index (χ1n) is 7.07. The number of nitrogens with one attached hydrogen (secondary N) is 1. The van der Waals surface area contributed by atoms with Crippen LogP contribution in [0.25, 0.3) is 0 Å². The highest BCUT2D eigenvalue weighted by atomic mass is 16.5. The van der Waals surface area contributed by atoms with E-state index in [-0.39, 0.29) is 12.5 Å². The molecular formula is C17H18N4O2. The van der Waals surface area contributed by atoms with Gasteiger partial charge in [0.1, 0.15) is 11.9 Å². The quantitative estimate of drug-likeness (QED) is 0.884. The highest BCUT2D eigenvalue weighted by molar-refractivity contribution is 5.93. The van der Waals surface area contributed by atoms with E-state index in [0.29, 0.717) is 18.0 Å². The van der Waals surface area contributed by atoms with Crippen molar-refractivity contribution in [3.05, 3.63) is 53.7 Å². The minimum Gasteiger partial charge on any atom is -0.380 e. The number of amides is 1. The Bertz CT molecular complexity index is 707. The van der Waals surface area contributed by atoms with Crippen LogP contribution in [0.5, 0.6) is 0 Å². The second kappa shape index (κ2) is 7.92. The van der Waals surface area contributed by atoms with E-state index in [1.54, 1.807) is 31.2 Å². The minimum atomic E-state index is -0.145. The first kappa shape index (κ1) is 16.5. The molecule has 0 unspecified atom stereocenters. The number of hydrogen-bond acceptors (Lipinski definition) is 5. The molecule has 6 nitrogen and oxygen atoms in total. The number of nitrogens with zero attached hydrogens (tertiary/aromatic N) is 3. The summed E-state index contributed by atoms with van der Waals surface area (Å²) in [6, 6.07) is 12.9. The lowest BCUT2D eigenvalue weighted by Gasteiger charge is -2.17. The molecule has 0 fully saturated rings. The molecule has 0 radical (unpaired) electrons. The first-order chi connectivity index (χ1) is 11.1. The number of rotatable bonds is 6. The van der Waals surface area contributed by atoms with Gasteiger partial charge in [-0.2, -0.15) is 5.26 Å². The van der Waals surface area contributed by atoms with Crippen molar-refractivity contribution < 1.29 is 9.53 Å². The fourth-order valence-corrected chi connectivity index (χ4v) is 2.08. The third-order valence-corrected chi connectivity index (χ3v) is 3.17. The van der Waals surface area contributed by atoms with Crippen LogP contribution in [-0.4, -0.2) is 31.6 Å². The number of anilines is 2. The largest absolute Gasteiger partial charge is 0.380 e. The Morgan fingerprint density at radius 1 is 1.39 bits per heavy atom. The third kappa shape index (κ3) is 4.80. The zero-order valence-corrected chi connectivity index (χ0v) is 13.1. The van der Waals surface area contributed by atoms with Gasteiger partial charge in [-0.05, 0) is 29.8 Å². The number of carbonyl (C=O) groups is 1. The van der Waals surface area contributed by atoms with Crippen LogP contribution < -0.4 is 10.2 Å². The average molecular weight is 310 g/mol. The number of ether oxygens (including phenoxy) is 1. The number of nitriles is 1. The predicted octanol–water partition coefficient (Wildman–Crippen LogP) is 2.17. The highest BCUT2D eigenvalue weighted by Gasteiger charge is 2.09. The van der Waals surface area contributed by atoms with Gasteiger partial charge >= 0.3 is 0 Å². The molecule has 0 aliphatic carbocycles.